The third kappa shape index (κ3) is 5.75. The summed E-state index contributed by atoms with van der Waals surface area (Å²) in [5, 5.41) is 4.12. The van der Waals surface area contributed by atoms with Crippen LogP contribution in [0.1, 0.15) is 25.3 Å². The molecular formula is C17H19ClF3N3O4. The van der Waals surface area contributed by atoms with Crippen molar-refractivity contribution in [2.75, 3.05) is 25.0 Å². The second kappa shape index (κ2) is 9.13. The summed E-state index contributed by atoms with van der Waals surface area (Å²) >= 11 is 5.51. The molecule has 154 valence electrons. The first-order valence-corrected chi connectivity index (χ1v) is 8.90. The third-order valence-corrected chi connectivity index (χ3v) is 4.42. The fraction of sp³-hybridized carbons (Fsp3) is 0.471. The molecule has 1 aromatic carbocycles. The van der Waals surface area contributed by atoms with Crippen LogP contribution in [0.4, 0.5) is 23.7 Å². The number of rotatable bonds is 3. The largest absolute Gasteiger partial charge is 0.450 e. The van der Waals surface area contributed by atoms with Crippen LogP contribution in [0.25, 0.3) is 0 Å². The predicted molar refractivity (Wildman–Crippen MR) is 94.8 cm³/mol. The lowest BCUT2D eigenvalue weighted by molar-refractivity contribution is -0.137. The van der Waals surface area contributed by atoms with Gasteiger partial charge in [0.05, 0.1) is 17.2 Å². The molecule has 0 aromatic heterocycles. The molecule has 0 saturated carbocycles. The molecule has 1 aromatic rings. The fourth-order valence-corrected chi connectivity index (χ4v) is 2.90. The summed E-state index contributed by atoms with van der Waals surface area (Å²) in [6.07, 6.45) is -4.27. The highest BCUT2D eigenvalue weighted by molar-refractivity contribution is 6.39. The Hall–Kier alpha value is -2.49. The maximum Gasteiger partial charge on any atom is 0.417 e. The monoisotopic (exact) mass is 421 g/mol. The Balaban J connectivity index is 1.89. The SMILES string of the molecule is CCOC(=O)N1CCC(NC(=O)C(=O)Nc2ccc(Cl)c(C(F)(F)F)c2)CC1. The smallest absolute Gasteiger partial charge is 0.417 e. The first-order valence-electron chi connectivity index (χ1n) is 8.52. The molecule has 0 atom stereocenters. The number of amides is 3. The van der Waals surface area contributed by atoms with Crippen molar-refractivity contribution in [3.8, 4) is 0 Å². The van der Waals surface area contributed by atoms with Crippen molar-refractivity contribution in [3.63, 3.8) is 0 Å². The lowest BCUT2D eigenvalue weighted by Crippen LogP contribution is -2.49. The molecular weight excluding hydrogens is 403 g/mol. The zero-order chi connectivity index (χ0) is 20.9. The molecule has 28 heavy (non-hydrogen) atoms. The normalized spacial score (nSPS) is 15.1. The van der Waals surface area contributed by atoms with Crippen molar-refractivity contribution in [2.24, 2.45) is 0 Å². The standard InChI is InChI=1S/C17H19ClF3N3O4/c1-2-28-16(27)24-7-5-10(6-8-24)22-14(25)15(26)23-11-3-4-13(18)12(9-11)17(19,20)21/h3-4,9-10H,2,5-8H2,1H3,(H,22,25)(H,23,26). The highest BCUT2D eigenvalue weighted by Crippen LogP contribution is 2.36. The highest BCUT2D eigenvalue weighted by Gasteiger charge is 2.33. The number of nitrogens with zero attached hydrogens (tertiary/aromatic N) is 1. The van der Waals surface area contributed by atoms with Gasteiger partial charge >= 0.3 is 24.1 Å². The molecule has 0 spiro atoms. The van der Waals surface area contributed by atoms with Crippen LogP contribution in [0.2, 0.25) is 5.02 Å². The summed E-state index contributed by atoms with van der Waals surface area (Å²) in [4.78, 5) is 37.1. The predicted octanol–water partition coefficient (Wildman–Crippen LogP) is 3.03. The Morgan fingerprint density at radius 1 is 1.21 bits per heavy atom. The molecule has 1 aliphatic rings. The van der Waals surface area contributed by atoms with E-state index in [9.17, 15) is 27.6 Å². The van der Waals surface area contributed by atoms with Crippen molar-refractivity contribution < 1.29 is 32.3 Å². The van der Waals surface area contributed by atoms with Crippen molar-refractivity contribution in [3.05, 3.63) is 28.8 Å². The average Bonchev–Trinajstić information content (AvgIpc) is 2.63. The molecule has 0 unspecified atom stereocenters. The number of hydrogen-bond donors (Lipinski definition) is 2. The third-order valence-electron chi connectivity index (χ3n) is 4.09. The summed E-state index contributed by atoms with van der Waals surface area (Å²) in [7, 11) is 0. The van der Waals surface area contributed by atoms with Crippen LogP contribution in [0, 0.1) is 0 Å². The second-order valence-electron chi connectivity index (χ2n) is 6.08. The van der Waals surface area contributed by atoms with Gasteiger partial charge in [-0.15, -0.1) is 0 Å². The van der Waals surface area contributed by atoms with Gasteiger partial charge < -0.3 is 20.3 Å². The van der Waals surface area contributed by atoms with E-state index in [1.165, 1.54) is 11.0 Å². The van der Waals surface area contributed by atoms with Gasteiger partial charge in [-0.1, -0.05) is 11.6 Å². The number of hydrogen-bond acceptors (Lipinski definition) is 4. The molecule has 1 saturated heterocycles. The zero-order valence-electron chi connectivity index (χ0n) is 14.9. The van der Waals surface area contributed by atoms with Gasteiger partial charge in [-0.3, -0.25) is 9.59 Å². The van der Waals surface area contributed by atoms with Crippen molar-refractivity contribution in [2.45, 2.75) is 32.0 Å². The van der Waals surface area contributed by atoms with Crippen LogP contribution >= 0.6 is 11.6 Å². The summed E-state index contributed by atoms with van der Waals surface area (Å²) in [6, 6.07) is 2.48. The van der Waals surface area contributed by atoms with Gasteiger partial charge in [0.25, 0.3) is 0 Å². The Labute approximate surface area is 164 Å². The number of nitrogens with one attached hydrogen (secondary N) is 2. The van der Waals surface area contributed by atoms with Gasteiger partial charge in [0.1, 0.15) is 0 Å². The average molecular weight is 422 g/mol. The van der Waals surface area contributed by atoms with Crippen LogP contribution in [0.3, 0.4) is 0 Å². The molecule has 0 radical (unpaired) electrons. The van der Waals surface area contributed by atoms with E-state index in [2.05, 4.69) is 10.6 Å². The van der Waals surface area contributed by atoms with Crippen LogP contribution in [-0.4, -0.2) is 48.5 Å². The topological polar surface area (TPSA) is 87.7 Å². The number of piperidine rings is 1. The van der Waals surface area contributed by atoms with E-state index >= 15 is 0 Å². The molecule has 11 heteroatoms. The van der Waals surface area contributed by atoms with Crippen molar-refractivity contribution in [1.29, 1.82) is 0 Å². The minimum atomic E-state index is -4.69. The van der Waals surface area contributed by atoms with Gasteiger partial charge in [-0.2, -0.15) is 13.2 Å². The second-order valence-corrected chi connectivity index (χ2v) is 6.49. The van der Waals surface area contributed by atoms with Crippen molar-refractivity contribution >= 4 is 35.2 Å². The quantitative estimate of drug-likeness (QED) is 0.734. The number of anilines is 1. The number of ether oxygens (including phenoxy) is 1. The van der Waals surface area contributed by atoms with E-state index in [1.807, 2.05) is 0 Å². The number of carbonyl (C=O) groups excluding carboxylic acids is 3. The van der Waals surface area contributed by atoms with Gasteiger partial charge in [-0.25, -0.2) is 4.79 Å². The lowest BCUT2D eigenvalue weighted by atomic mass is 10.1. The molecule has 1 aliphatic heterocycles. The van der Waals surface area contributed by atoms with E-state index in [4.69, 9.17) is 16.3 Å². The fourth-order valence-electron chi connectivity index (χ4n) is 2.68. The summed E-state index contributed by atoms with van der Waals surface area (Å²) in [5.74, 6) is -2.07. The van der Waals surface area contributed by atoms with Crippen LogP contribution in [-0.2, 0) is 20.5 Å². The molecule has 7 nitrogen and oxygen atoms in total. The van der Waals surface area contributed by atoms with Gasteiger partial charge in [-0.05, 0) is 38.0 Å². The molecule has 1 fully saturated rings. The van der Waals surface area contributed by atoms with E-state index in [1.54, 1.807) is 6.92 Å². The summed E-state index contributed by atoms with van der Waals surface area (Å²) in [5.41, 5.74) is -1.31. The van der Waals surface area contributed by atoms with E-state index < -0.39 is 34.7 Å². The number of carbonyl (C=O) groups is 3. The maximum absolute atomic E-state index is 12.9. The first-order chi connectivity index (χ1) is 13.1. The summed E-state index contributed by atoms with van der Waals surface area (Å²) in [6.45, 7) is 2.67. The molecule has 0 aliphatic carbocycles. The molecule has 2 N–H and O–H groups in total. The van der Waals surface area contributed by atoms with E-state index in [0.717, 1.165) is 6.07 Å². The van der Waals surface area contributed by atoms with Crippen LogP contribution in [0.15, 0.2) is 18.2 Å². The minimum Gasteiger partial charge on any atom is -0.450 e. The molecule has 0 bridgehead atoms. The first kappa shape index (κ1) is 21.8. The van der Waals surface area contributed by atoms with Gasteiger partial charge in [0.15, 0.2) is 0 Å². The summed E-state index contributed by atoms with van der Waals surface area (Å²) < 4.78 is 43.5. The zero-order valence-corrected chi connectivity index (χ0v) is 15.7. The number of likely N-dealkylation sites (tertiary alicyclic amines) is 1. The number of alkyl halides is 3. The minimum absolute atomic E-state index is 0.200. The van der Waals surface area contributed by atoms with E-state index in [0.29, 0.717) is 32.0 Å². The Morgan fingerprint density at radius 3 is 2.43 bits per heavy atom. The number of halogens is 4. The highest BCUT2D eigenvalue weighted by atomic mass is 35.5. The van der Waals surface area contributed by atoms with E-state index in [-0.39, 0.29) is 18.3 Å². The van der Waals surface area contributed by atoms with Gasteiger partial charge in [0.2, 0.25) is 0 Å². The Bertz CT molecular complexity index is 750. The molecule has 3 amide bonds. The number of benzene rings is 1. The molecule has 1 heterocycles. The van der Waals surface area contributed by atoms with Crippen molar-refractivity contribution in [1.82, 2.24) is 10.2 Å². The lowest BCUT2D eigenvalue weighted by Gasteiger charge is -2.31. The van der Waals surface area contributed by atoms with Crippen LogP contribution < -0.4 is 10.6 Å². The Kier molecular flexibility index (Phi) is 7.11. The maximum atomic E-state index is 12.9. The van der Waals surface area contributed by atoms with Crippen LogP contribution in [0.5, 0.6) is 0 Å². The Morgan fingerprint density at radius 2 is 1.86 bits per heavy atom. The van der Waals surface area contributed by atoms with Gasteiger partial charge in [0, 0.05) is 24.8 Å². The molecule has 2 rings (SSSR count).